The Kier molecular flexibility index (Phi) is 7.50. The Morgan fingerprint density at radius 1 is 1.16 bits per heavy atom. The third kappa shape index (κ3) is 5.69. The van der Waals surface area contributed by atoms with Crippen molar-refractivity contribution in [2.24, 2.45) is 0 Å². The van der Waals surface area contributed by atoms with Crippen LogP contribution in [0.15, 0.2) is 64.6 Å². The average molecular weight is 635 g/mol. The third-order valence-corrected chi connectivity index (χ3v) is 10.8. The van der Waals surface area contributed by atoms with Crippen LogP contribution in [0.3, 0.4) is 0 Å². The van der Waals surface area contributed by atoms with E-state index < -0.39 is 10.0 Å². The van der Waals surface area contributed by atoms with Crippen molar-refractivity contribution < 1.29 is 22.7 Å². The number of carbonyl (C=O) groups excluding carboxylic acids is 1. The minimum absolute atomic E-state index is 0.0843. The summed E-state index contributed by atoms with van der Waals surface area (Å²) in [6.45, 7) is 2.74. The Bertz CT molecular complexity index is 1970. The lowest BCUT2D eigenvalue weighted by Crippen LogP contribution is -2.42. The fourth-order valence-electron chi connectivity index (χ4n) is 5.08. The number of nitrogens with zero attached hydrogens (tertiary/aromatic N) is 4. The molecule has 7 rings (SSSR count). The number of aromatic nitrogens is 3. The van der Waals surface area contributed by atoms with Crippen LogP contribution in [0, 0.1) is 11.8 Å². The first-order chi connectivity index (χ1) is 20.9. The second-order valence-electron chi connectivity index (χ2n) is 10.1. The quantitative estimate of drug-likeness (QED) is 0.273. The molecule has 1 amide bonds. The van der Waals surface area contributed by atoms with Crippen LogP contribution in [0.25, 0.3) is 21.1 Å². The molecule has 0 saturated carbocycles. The van der Waals surface area contributed by atoms with Crippen LogP contribution in [0.2, 0.25) is 0 Å². The monoisotopic (exact) mass is 634 g/mol. The maximum absolute atomic E-state index is 13.0. The van der Waals surface area contributed by atoms with Crippen molar-refractivity contribution in [3.63, 3.8) is 0 Å². The Hall–Kier alpha value is -4.00. The summed E-state index contributed by atoms with van der Waals surface area (Å²) < 4.78 is 39.2. The molecule has 0 radical (unpaired) electrons. The summed E-state index contributed by atoms with van der Waals surface area (Å²) in [7, 11) is -3.66. The summed E-state index contributed by atoms with van der Waals surface area (Å²) >= 11 is 2.84. The van der Waals surface area contributed by atoms with E-state index in [9.17, 15) is 13.2 Å². The van der Waals surface area contributed by atoms with Crippen LogP contribution in [0.1, 0.15) is 11.3 Å². The number of rotatable bonds is 5. The van der Waals surface area contributed by atoms with Gasteiger partial charge in [-0.25, -0.2) is 27.2 Å². The number of amides is 1. The van der Waals surface area contributed by atoms with Gasteiger partial charge in [-0.1, -0.05) is 11.8 Å². The van der Waals surface area contributed by atoms with E-state index in [4.69, 9.17) is 9.47 Å². The van der Waals surface area contributed by atoms with E-state index in [1.165, 1.54) is 33.0 Å². The van der Waals surface area contributed by atoms with E-state index in [0.29, 0.717) is 50.6 Å². The van der Waals surface area contributed by atoms with Gasteiger partial charge in [-0.3, -0.25) is 5.32 Å². The van der Waals surface area contributed by atoms with Crippen LogP contribution in [0.5, 0.6) is 0 Å². The topological polar surface area (TPSA) is 128 Å². The van der Waals surface area contributed by atoms with E-state index in [1.807, 2.05) is 18.2 Å². The molecule has 2 atom stereocenters. The maximum Gasteiger partial charge on any atom is 0.410 e. The number of fused-ring (bicyclic) bond motifs is 2. The first-order valence-corrected chi connectivity index (χ1v) is 16.8. The Balaban J connectivity index is 1.04. The van der Waals surface area contributed by atoms with Crippen LogP contribution >= 0.6 is 22.7 Å². The van der Waals surface area contributed by atoms with Crippen LogP contribution in [-0.2, 0) is 19.5 Å². The molecule has 2 aliphatic rings. The molecule has 14 heteroatoms. The molecular formula is C29H26N6O5S3. The van der Waals surface area contributed by atoms with Gasteiger partial charge in [0.05, 0.1) is 44.8 Å². The smallest absolute Gasteiger partial charge is 0.410 e. The number of nitrogens with one attached hydrogen (secondary N) is 2. The minimum atomic E-state index is -3.66. The van der Waals surface area contributed by atoms with Gasteiger partial charge in [0.25, 0.3) is 10.0 Å². The molecule has 5 aromatic rings. The molecule has 0 spiro atoms. The van der Waals surface area contributed by atoms with E-state index in [0.717, 1.165) is 26.2 Å². The number of hydrogen-bond donors (Lipinski definition) is 2. The highest BCUT2D eigenvalue weighted by molar-refractivity contribution is 7.90. The van der Waals surface area contributed by atoms with E-state index >= 15 is 0 Å². The molecule has 2 N–H and O–H groups in total. The summed E-state index contributed by atoms with van der Waals surface area (Å²) in [4.78, 5) is 24.1. The minimum Gasteiger partial charge on any atom is -0.445 e. The third-order valence-electron chi connectivity index (χ3n) is 7.28. The summed E-state index contributed by atoms with van der Waals surface area (Å²) in [6, 6.07) is 10.7. The normalized spacial score (nSPS) is 18.9. The van der Waals surface area contributed by atoms with Gasteiger partial charge < -0.3 is 19.7 Å². The zero-order valence-corrected chi connectivity index (χ0v) is 25.2. The number of thiophene rings is 2. The molecule has 0 bridgehead atoms. The molecule has 2 aliphatic heterocycles. The summed E-state index contributed by atoms with van der Waals surface area (Å²) in [5.41, 5.74) is 2.14. The van der Waals surface area contributed by atoms with E-state index in [1.54, 1.807) is 40.1 Å². The van der Waals surface area contributed by atoms with Crippen molar-refractivity contribution in [1.82, 2.24) is 24.2 Å². The molecule has 6 heterocycles. The highest BCUT2D eigenvalue weighted by Gasteiger charge is 2.28. The van der Waals surface area contributed by atoms with Crippen molar-refractivity contribution in [3.05, 3.63) is 64.6 Å². The van der Waals surface area contributed by atoms with Gasteiger partial charge in [-0.2, -0.15) is 11.3 Å². The fraction of sp³-hybridized carbons (Fsp3) is 0.276. The molecule has 1 aromatic carbocycles. The Labute approximate surface area is 255 Å². The van der Waals surface area contributed by atoms with Gasteiger partial charge in [0, 0.05) is 48.7 Å². The van der Waals surface area contributed by atoms with E-state index in [2.05, 4.69) is 32.4 Å². The molecule has 2 saturated heterocycles. The van der Waals surface area contributed by atoms with Crippen molar-refractivity contribution in [1.29, 1.82) is 0 Å². The van der Waals surface area contributed by atoms with Gasteiger partial charge in [-0.15, -0.1) is 11.3 Å². The molecule has 43 heavy (non-hydrogen) atoms. The Morgan fingerprint density at radius 3 is 2.88 bits per heavy atom. The highest BCUT2D eigenvalue weighted by Crippen LogP contribution is 2.32. The van der Waals surface area contributed by atoms with Crippen molar-refractivity contribution in [2.45, 2.75) is 23.5 Å². The highest BCUT2D eigenvalue weighted by atomic mass is 32.2. The number of hydrogen-bond acceptors (Lipinski definition) is 11. The number of ether oxygens (including phenoxy) is 2. The molecule has 2 fully saturated rings. The summed E-state index contributed by atoms with van der Waals surface area (Å²) in [5.74, 6) is 7.14. The lowest BCUT2D eigenvalue weighted by atomic mass is 10.2. The molecule has 11 nitrogen and oxygen atoms in total. The molecule has 220 valence electrons. The van der Waals surface area contributed by atoms with Crippen molar-refractivity contribution in [2.75, 3.05) is 38.2 Å². The summed E-state index contributed by atoms with van der Waals surface area (Å²) in [6.07, 6.45) is 3.18. The average Bonchev–Trinajstić information content (AvgIpc) is 3.83. The zero-order valence-electron chi connectivity index (χ0n) is 22.7. The lowest BCUT2D eigenvalue weighted by molar-refractivity contribution is 0.0156. The molecular weight excluding hydrogens is 609 g/mol. The van der Waals surface area contributed by atoms with Gasteiger partial charge in [0.2, 0.25) is 0 Å². The standard InChI is InChI=1S/C29H26N6O5S3/c36-29(34-8-10-39-11-9-34)40-22-14-20(30-16-22)1-3-23-15-25-27(42-23)28(32-18-31-25)33-21-2-4-26-19(13-21)5-7-35(26)43(37,38)24-6-12-41-17-24/h2,4-7,12-13,15,17-18,20,22,30H,8-11,14,16H2,(H,31,32,33)/t20-,22-/m1/s1. The van der Waals surface area contributed by atoms with E-state index in [-0.39, 0.29) is 23.1 Å². The van der Waals surface area contributed by atoms with Gasteiger partial charge in [-0.05, 0) is 41.8 Å². The Morgan fingerprint density at radius 2 is 2.05 bits per heavy atom. The van der Waals surface area contributed by atoms with Crippen LogP contribution < -0.4 is 10.6 Å². The maximum atomic E-state index is 13.0. The number of anilines is 2. The summed E-state index contributed by atoms with van der Waals surface area (Å²) in [5, 5.41) is 10.8. The number of carbonyl (C=O) groups is 1. The predicted octanol–water partition coefficient (Wildman–Crippen LogP) is 4.24. The molecule has 4 aromatic heterocycles. The van der Waals surface area contributed by atoms with Gasteiger partial charge in [0.15, 0.2) is 5.82 Å². The predicted molar refractivity (Wildman–Crippen MR) is 165 cm³/mol. The first kappa shape index (κ1) is 27.8. The first-order valence-electron chi connectivity index (χ1n) is 13.6. The lowest BCUT2D eigenvalue weighted by Gasteiger charge is -2.27. The second kappa shape index (κ2) is 11.6. The van der Waals surface area contributed by atoms with Gasteiger partial charge >= 0.3 is 6.09 Å². The number of morpholine rings is 1. The SMILES string of the molecule is O=C(O[C@H]1CN[C@H](C#Cc2cc3ncnc(Nc4ccc5c(ccn5S(=O)(=O)c5ccsc5)c4)c3s2)C1)N1CCOCC1. The molecule has 0 aliphatic carbocycles. The van der Waals surface area contributed by atoms with Crippen molar-refractivity contribution >= 4 is 71.4 Å². The largest absolute Gasteiger partial charge is 0.445 e. The fourth-order valence-corrected chi connectivity index (χ4v) is 8.37. The zero-order chi connectivity index (χ0) is 29.4. The van der Waals surface area contributed by atoms with Crippen molar-refractivity contribution in [3.8, 4) is 11.8 Å². The van der Waals surface area contributed by atoms with Gasteiger partial charge in [0.1, 0.15) is 12.4 Å². The van der Waals surface area contributed by atoms with Crippen LogP contribution in [0.4, 0.5) is 16.3 Å². The second-order valence-corrected chi connectivity index (χ2v) is 13.7. The van der Waals surface area contributed by atoms with Crippen LogP contribution in [-0.4, -0.2) is 78.3 Å². The number of benzene rings is 1. The molecule has 0 unspecified atom stereocenters.